The highest BCUT2D eigenvalue weighted by molar-refractivity contribution is 5.94. The Morgan fingerprint density at radius 2 is 0.243 bits per heavy atom. The third-order valence-corrected chi connectivity index (χ3v) is 11.3. The average Bonchev–Trinajstić information content (AvgIpc) is 3.35. The number of rotatable bonds is 5. The SMILES string of the molecule is Cc1c(F)c(F)c(F)c2c(F)c(-c3c(F)c(F)c(-c4c(F)c(F)c(-c5c(F)c(F)c(-c6c(F)c(F)c(-c7c(F)c(F)c8c(F)c(F)c(F)c(F)c8c7F)c(F)c6F)c(F)c5F)c(F)c4F)c(F)c3F)c(F)c(F)c12. The highest BCUT2D eigenvalue weighted by atomic mass is 19.2. The van der Waals surface area contributed by atoms with Crippen molar-refractivity contribution in [3.63, 3.8) is 0 Å². The minimum absolute atomic E-state index is 0.384. The zero-order valence-electron chi connectivity index (χ0n) is 34.0. The zero-order chi connectivity index (χ0) is 55.4. The Morgan fingerprint density at radius 3 is 0.459 bits per heavy atom. The van der Waals surface area contributed by atoms with Gasteiger partial charge in [-0.1, -0.05) is 0 Å². The summed E-state index contributed by atoms with van der Waals surface area (Å²) in [6.45, 7) is 0.384. The second-order valence-electron chi connectivity index (χ2n) is 15.0. The normalized spacial score (nSPS) is 11.9. The number of benzene rings is 8. The lowest BCUT2D eigenvalue weighted by atomic mass is 9.90. The molecule has 0 N–H and O–H groups in total. The van der Waals surface area contributed by atoms with Crippen molar-refractivity contribution >= 4 is 21.5 Å². The van der Waals surface area contributed by atoms with E-state index in [4.69, 9.17) is 0 Å². The fraction of sp³-hybridized carbons (Fsp3) is 0.0222. The van der Waals surface area contributed by atoms with Crippen LogP contribution in [0.5, 0.6) is 0 Å². The summed E-state index contributed by atoms with van der Waals surface area (Å²) in [5.74, 6) is -92.8. The number of hydrogen-bond acceptors (Lipinski definition) is 0. The second kappa shape index (κ2) is 17.4. The van der Waals surface area contributed by atoms with Gasteiger partial charge in [-0.25, -0.2) is 127 Å². The Kier molecular flexibility index (Phi) is 12.4. The molecule has 0 heterocycles. The van der Waals surface area contributed by atoms with Crippen molar-refractivity contribution in [3.8, 4) is 55.6 Å². The van der Waals surface area contributed by atoms with Crippen LogP contribution in [0.4, 0.5) is 127 Å². The Hall–Kier alpha value is -7.75. The van der Waals surface area contributed by atoms with Crippen molar-refractivity contribution < 1.29 is 127 Å². The molecule has 0 saturated carbocycles. The molecule has 0 fully saturated rings. The van der Waals surface area contributed by atoms with E-state index >= 15 is 92.2 Å². The molecule has 0 aromatic heterocycles. The van der Waals surface area contributed by atoms with Crippen molar-refractivity contribution in [2.75, 3.05) is 0 Å². The van der Waals surface area contributed by atoms with Crippen molar-refractivity contribution in [2.45, 2.75) is 6.92 Å². The first-order valence-electron chi connectivity index (χ1n) is 18.7. The molecule has 74 heavy (non-hydrogen) atoms. The Labute approximate surface area is 385 Å². The van der Waals surface area contributed by atoms with Gasteiger partial charge in [0.1, 0.15) is 11.6 Å². The van der Waals surface area contributed by atoms with E-state index in [2.05, 4.69) is 0 Å². The average molecular weight is 1090 g/mol. The van der Waals surface area contributed by atoms with E-state index in [0.29, 0.717) is 6.92 Å². The molecule has 0 saturated heterocycles. The van der Waals surface area contributed by atoms with Gasteiger partial charge in [0, 0.05) is 5.39 Å². The summed E-state index contributed by atoms with van der Waals surface area (Å²) in [6.07, 6.45) is 0. The molecule has 29 heteroatoms. The van der Waals surface area contributed by atoms with E-state index in [0.717, 1.165) is 0 Å². The van der Waals surface area contributed by atoms with Crippen LogP contribution in [-0.4, -0.2) is 0 Å². The molecule has 0 bridgehead atoms. The molecule has 0 nitrogen and oxygen atoms in total. The quantitative estimate of drug-likeness (QED) is 0.0915. The molecule has 0 radical (unpaired) electrons. The van der Waals surface area contributed by atoms with Gasteiger partial charge in [-0.2, -0.15) is 0 Å². The van der Waals surface area contributed by atoms with Crippen molar-refractivity contribution in [3.05, 3.63) is 174 Å². The predicted octanol–water partition coefficient (Wildman–Crippen LogP) is 16.7. The molecule has 0 aliphatic rings. The fourth-order valence-electron chi connectivity index (χ4n) is 7.91. The van der Waals surface area contributed by atoms with Crippen molar-refractivity contribution in [1.82, 2.24) is 0 Å². The predicted molar refractivity (Wildman–Crippen MR) is 192 cm³/mol. The highest BCUT2D eigenvalue weighted by Crippen LogP contribution is 2.49. The summed E-state index contributed by atoms with van der Waals surface area (Å²) < 4.78 is 440. The number of fused-ring (bicyclic) bond motifs is 2. The van der Waals surface area contributed by atoms with Crippen LogP contribution < -0.4 is 0 Å². The minimum atomic E-state index is -3.54. The summed E-state index contributed by atoms with van der Waals surface area (Å²) in [6, 6.07) is 0. The Bertz CT molecular complexity index is 3580. The fourth-order valence-corrected chi connectivity index (χ4v) is 7.91. The number of aryl methyl sites for hydroxylation is 1. The summed E-state index contributed by atoms with van der Waals surface area (Å²) >= 11 is 0. The summed E-state index contributed by atoms with van der Waals surface area (Å²) in [5.41, 5.74) is -31.4. The van der Waals surface area contributed by atoms with Crippen LogP contribution in [0.15, 0.2) is 0 Å². The van der Waals surface area contributed by atoms with E-state index in [1.807, 2.05) is 0 Å². The van der Waals surface area contributed by atoms with Gasteiger partial charge in [0.25, 0.3) is 0 Å². The van der Waals surface area contributed by atoms with Gasteiger partial charge in [-0.3, -0.25) is 0 Å². The molecular weight excluding hydrogens is 1090 g/mol. The number of halogens is 29. The van der Waals surface area contributed by atoms with Crippen LogP contribution in [0, 0.1) is 176 Å². The lowest BCUT2D eigenvalue weighted by molar-refractivity contribution is 0.412. The first kappa shape index (κ1) is 52.6. The monoisotopic (exact) mass is 1090 g/mol. The third kappa shape index (κ3) is 6.67. The molecule has 8 aromatic carbocycles. The van der Waals surface area contributed by atoms with Crippen LogP contribution in [0.3, 0.4) is 0 Å². The molecule has 0 amide bonds. The van der Waals surface area contributed by atoms with Gasteiger partial charge in [0.05, 0.1) is 71.8 Å². The zero-order valence-corrected chi connectivity index (χ0v) is 34.0. The number of hydrogen-bond donors (Lipinski definition) is 0. The van der Waals surface area contributed by atoms with Crippen molar-refractivity contribution in [1.29, 1.82) is 0 Å². The molecule has 0 unspecified atom stereocenters. The first-order chi connectivity index (χ1) is 34.3. The molecule has 8 aromatic rings. The molecule has 0 aliphatic heterocycles. The van der Waals surface area contributed by atoms with Crippen LogP contribution in [0.25, 0.3) is 77.2 Å². The van der Waals surface area contributed by atoms with E-state index in [-0.39, 0.29) is 0 Å². The lowest BCUT2D eigenvalue weighted by Crippen LogP contribution is -2.13. The van der Waals surface area contributed by atoms with Crippen LogP contribution in [0.2, 0.25) is 0 Å². The maximum absolute atomic E-state index is 15.7. The van der Waals surface area contributed by atoms with E-state index < -0.39 is 251 Å². The van der Waals surface area contributed by atoms with Gasteiger partial charge in [0.2, 0.25) is 0 Å². The molecule has 0 atom stereocenters. The first-order valence-corrected chi connectivity index (χ1v) is 18.7. The Morgan fingerprint density at radius 1 is 0.122 bits per heavy atom. The van der Waals surface area contributed by atoms with Gasteiger partial charge < -0.3 is 0 Å². The summed E-state index contributed by atoms with van der Waals surface area (Å²) in [5, 5.41) is -8.98. The molecule has 8 rings (SSSR count). The van der Waals surface area contributed by atoms with Crippen LogP contribution in [-0.2, 0) is 0 Å². The molecule has 0 aliphatic carbocycles. The summed E-state index contributed by atoms with van der Waals surface area (Å²) in [4.78, 5) is 0. The molecule has 386 valence electrons. The maximum Gasteiger partial charge on any atom is 0.198 e. The van der Waals surface area contributed by atoms with Crippen LogP contribution >= 0.6 is 0 Å². The van der Waals surface area contributed by atoms with E-state index in [1.54, 1.807) is 0 Å². The van der Waals surface area contributed by atoms with E-state index in [1.165, 1.54) is 0 Å². The van der Waals surface area contributed by atoms with Gasteiger partial charge in [0.15, 0.2) is 157 Å². The lowest BCUT2D eigenvalue weighted by Gasteiger charge is -2.19. The largest absolute Gasteiger partial charge is 0.205 e. The molecular formula is C45H3F29. The summed E-state index contributed by atoms with van der Waals surface area (Å²) in [7, 11) is 0. The van der Waals surface area contributed by atoms with Crippen molar-refractivity contribution in [2.24, 2.45) is 0 Å². The van der Waals surface area contributed by atoms with Gasteiger partial charge in [-0.15, -0.1) is 0 Å². The molecule has 0 spiro atoms. The smallest absolute Gasteiger partial charge is 0.198 e. The Balaban J connectivity index is 1.32. The second-order valence-corrected chi connectivity index (χ2v) is 15.0. The van der Waals surface area contributed by atoms with Crippen LogP contribution in [0.1, 0.15) is 5.56 Å². The standard InChI is InChI=1S/C45H3F29/c1-2-3-4(40(69)43(72)17(2)46)18(47)5(21(50)20(3)49)8-23(52)28(57)11(29(58)24(8)53)13-32(61)36(65)15(37(66)33(13)62)16-38(67)34(63)14(35(64)39(16)68)12-30(59)25(54)9(26(55)31(12)60)6-19(48)7-10(27(56)22(6)51)42(71)45(74)44(73)41(7)70/h1H3. The third-order valence-electron chi connectivity index (χ3n) is 11.3. The maximum atomic E-state index is 15.7. The highest BCUT2D eigenvalue weighted by Gasteiger charge is 2.43. The van der Waals surface area contributed by atoms with Gasteiger partial charge in [-0.05, 0) is 12.5 Å². The minimum Gasteiger partial charge on any atom is -0.205 e. The van der Waals surface area contributed by atoms with E-state index in [9.17, 15) is 35.1 Å². The topological polar surface area (TPSA) is 0 Å². The van der Waals surface area contributed by atoms with Gasteiger partial charge >= 0.3 is 0 Å².